The van der Waals surface area contributed by atoms with E-state index in [-0.39, 0.29) is 23.9 Å². The molecule has 0 aromatic rings. The van der Waals surface area contributed by atoms with Gasteiger partial charge in [0.15, 0.2) is 0 Å². The molecule has 6 nitrogen and oxygen atoms in total. The lowest BCUT2D eigenvalue weighted by Crippen LogP contribution is -2.56. The lowest BCUT2D eigenvalue weighted by Gasteiger charge is -2.43. The zero-order chi connectivity index (χ0) is 22.4. The molecule has 2 aliphatic carbocycles. The second-order valence-electron chi connectivity index (χ2n) is 11.3. The van der Waals surface area contributed by atoms with Gasteiger partial charge in [-0.05, 0) is 70.8 Å². The first kappa shape index (κ1) is 22.2. The summed E-state index contributed by atoms with van der Waals surface area (Å²) in [7, 11) is 0. The molecule has 1 N–H and O–H groups in total. The number of carbonyl (C=O) groups is 2. The van der Waals surface area contributed by atoms with Crippen LogP contribution < -0.4 is 5.32 Å². The summed E-state index contributed by atoms with van der Waals surface area (Å²) in [6, 6.07) is 1.39. The van der Waals surface area contributed by atoms with Gasteiger partial charge in [-0.1, -0.05) is 32.6 Å². The Bertz CT molecular complexity index is 759. The summed E-state index contributed by atoms with van der Waals surface area (Å²) >= 11 is 0. The van der Waals surface area contributed by atoms with E-state index in [2.05, 4.69) is 35.9 Å². The van der Waals surface area contributed by atoms with Crippen LogP contribution in [0.15, 0.2) is 11.9 Å². The Hall–Kier alpha value is -1.56. The van der Waals surface area contributed by atoms with Crippen LogP contribution >= 0.6 is 0 Å². The lowest BCUT2D eigenvalue weighted by molar-refractivity contribution is -0.138. The molecule has 32 heavy (non-hydrogen) atoms. The number of carbonyl (C=O) groups excluding carboxylic acids is 2. The van der Waals surface area contributed by atoms with Gasteiger partial charge >= 0.3 is 0 Å². The second kappa shape index (κ2) is 9.00. The highest BCUT2D eigenvalue weighted by atomic mass is 16.2. The molecular formula is C26H42N4O2. The molecule has 0 bridgehead atoms. The predicted molar refractivity (Wildman–Crippen MR) is 126 cm³/mol. The summed E-state index contributed by atoms with van der Waals surface area (Å²) in [4.78, 5) is 34.1. The molecule has 4 unspecified atom stereocenters. The third kappa shape index (κ3) is 3.76. The number of rotatable bonds is 5. The smallest absolute Gasteiger partial charge is 0.269 e. The highest BCUT2D eigenvalue weighted by Crippen LogP contribution is 2.48. The van der Waals surface area contributed by atoms with Crippen molar-refractivity contribution >= 4 is 11.8 Å². The van der Waals surface area contributed by atoms with E-state index in [4.69, 9.17) is 0 Å². The molecule has 178 valence electrons. The van der Waals surface area contributed by atoms with E-state index in [9.17, 15) is 9.59 Å². The maximum Gasteiger partial charge on any atom is 0.269 e. The first-order valence-electron chi connectivity index (χ1n) is 13.3. The van der Waals surface area contributed by atoms with Crippen molar-refractivity contribution in [2.24, 2.45) is 11.8 Å². The average Bonchev–Trinajstić information content (AvgIpc) is 3.53. The summed E-state index contributed by atoms with van der Waals surface area (Å²) in [5.74, 6) is 1.12. The second-order valence-corrected chi connectivity index (χ2v) is 11.3. The summed E-state index contributed by atoms with van der Waals surface area (Å²) in [6.07, 6.45) is 13.6. The van der Waals surface area contributed by atoms with Gasteiger partial charge in [0.2, 0.25) is 5.91 Å². The van der Waals surface area contributed by atoms with Gasteiger partial charge in [0.05, 0.1) is 0 Å². The summed E-state index contributed by atoms with van der Waals surface area (Å²) in [5.41, 5.74) is 0.761. The summed E-state index contributed by atoms with van der Waals surface area (Å²) in [5, 5.41) is 3.30. The molecular weight excluding hydrogens is 400 g/mol. The zero-order valence-corrected chi connectivity index (χ0v) is 20.3. The summed E-state index contributed by atoms with van der Waals surface area (Å²) in [6.45, 7) is 8.58. The Labute approximate surface area is 193 Å². The number of amides is 2. The summed E-state index contributed by atoms with van der Waals surface area (Å²) < 4.78 is 0. The van der Waals surface area contributed by atoms with Crippen LogP contribution in [-0.2, 0) is 9.59 Å². The van der Waals surface area contributed by atoms with E-state index in [1.165, 1.54) is 38.5 Å². The Balaban J connectivity index is 1.40. The van der Waals surface area contributed by atoms with Crippen LogP contribution in [0, 0.1) is 11.8 Å². The fourth-order valence-corrected chi connectivity index (χ4v) is 7.58. The van der Waals surface area contributed by atoms with Gasteiger partial charge in [-0.3, -0.25) is 14.5 Å². The topological polar surface area (TPSA) is 55.9 Å². The van der Waals surface area contributed by atoms with Crippen LogP contribution in [0.5, 0.6) is 0 Å². The fourth-order valence-electron chi connectivity index (χ4n) is 7.58. The van der Waals surface area contributed by atoms with Crippen LogP contribution in [0.2, 0.25) is 0 Å². The number of nitrogens with zero attached hydrogens (tertiary/aromatic N) is 3. The minimum Gasteiger partial charge on any atom is -0.350 e. The van der Waals surface area contributed by atoms with Crippen molar-refractivity contribution in [2.75, 3.05) is 13.1 Å². The van der Waals surface area contributed by atoms with E-state index in [0.717, 1.165) is 37.9 Å². The van der Waals surface area contributed by atoms with Crippen molar-refractivity contribution in [2.45, 2.75) is 115 Å². The van der Waals surface area contributed by atoms with Gasteiger partial charge in [0.25, 0.3) is 5.91 Å². The molecule has 2 amide bonds. The number of fused-ring (bicyclic) bond motifs is 3. The highest BCUT2D eigenvalue weighted by Gasteiger charge is 2.55. The molecule has 0 spiro atoms. The lowest BCUT2D eigenvalue weighted by atomic mass is 9.79. The molecule has 3 aliphatic heterocycles. The van der Waals surface area contributed by atoms with Gasteiger partial charge < -0.3 is 15.1 Å². The molecule has 5 atom stereocenters. The van der Waals surface area contributed by atoms with Gasteiger partial charge in [0, 0.05) is 36.9 Å². The predicted octanol–water partition coefficient (Wildman–Crippen LogP) is 3.48. The zero-order valence-electron chi connectivity index (χ0n) is 20.3. The molecule has 5 aliphatic rings. The van der Waals surface area contributed by atoms with Crippen LogP contribution in [0.1, 0.15) is 85.0 Å². The Morgan fingerprint density at radius 1 is 1.06 bits per heavy atom. The largest absolute Gasteiger partial charge is 0.350 e. The van der Waals surface area contributed by atoms with Crippen molar-refractivity contribution < 1.29 is 9.59 Å². The van der Waals surface area contributed by atoms with Gasteiger partial charge in [-0.2, -0.15) is 0 Å². The first-order valence-corrected chi connectivity index (χ1v) is 13.3. The van der Waals surface area contributed by atoms with Crippen LogP contribution in [0.4, 0.5) is 0 Å². The third-order valence-corrected chi connectivity index (χ3v) is 9.19. The number of hydrogen-bond acceptors (Lipinski definition) is 4. The van der Waals surface area contributed by atoms with E-state index in [1.807, 2.05) is 11.1 Å². The highest BCUT2D eigenvalue weighted by molar-refractivity contribution is 5.97. The van der Waals surface area contributed by atoms with E-state index < -0.39 is 0 Å². The number of nitrogens with one attached hydrogen (secondary N) is 1. The molecule has 0 aromatic heterocycles. The maximum atomic E-state index is 13.7. The van der Waals surface area contributed by atoms with Gasteiger partial charge in [-0.15, -0.1) is 0 Å². The molecule has 2 saturated carbocycles. The van der Waals surface area contributed by atoms with Crippen molar-refractivity contribution in [3.05, 3.63) is 11.9 Å². The van der Waals surface area contributed by atoms with Crippen LogP contribution in [0.25, 0.3) is 0 Å². The van der Waals surface area contributed by atoms with Crippen molar-refractivity contribution in [1.82, 2.24) is 20.0 Å². The van der Waals surface area contributed by atoms with Gasteiger partial charge in [0.1, 0.15) is 11.7 Å². The van der Waals surface area contributed by atoms with Crippen molar-refractivity contribution in [1.29, 1.82) is 0 Å². The molecule has 6 heteroatoms. The average molecular weight is 443 g/mol. The normalized spacial score (nSPS) is 35.9. The molecule has 3 heterocycles. The molecule has 0 radical (unpaired) electrons. The minimum absolute atomic E-state index is 0.0273. The van der Waals surface area contributed by atoms with E-state index in [0.29, 0.717) is 36.5 Å². The fraction of sp³-hybridized carbons (Fsp3) is 0.846. The Morgan fingerprint density at radius 2 is 1.78 bits per heavy atom. The number of likely N-dealkylation sites (tertiary alicyclic amines) is 1. The quantitative estimate of drug-likeness (QED) is 0.708. The van der Waals surface area contributed by atoms with Crippen molar-refractivity contribution in [3.63, 3.8) is 0 Å². The third-order valence-electron chi connectivity index (χ3n) is 9.19. The minimum atomic E-state index is -0.159. The van der Waals surface area contributed by atoms with Crippen molar-refractivity contribution in [3.8, 4) is 0 Å². The van der Waals surface area contributed by atoms with E-state index in [1.54, 1.807) is 0 Å². The maximum absolute atomic E-state index is 13.7. The molecule has 5 rings (SSSR count). The van der Waals surface area contributed by atoms with Crippen LogP contribution in [-0.4, -0.2) is 69.8 Å². The Kier molecular flexibility index (Phi) is 6.26. The molecule has 0 aromatic carbocycles. The van der Waals surface area contributed by atoms with E-state index >= 15 is 0 Å². The Morgan fingerprint density at radius 3 is 2.53 bits per heavy atom. The SMILES string of the molecule is CC1C2CCCCC2N2C(C(=O)NC[C@H]3CCCN3C(C)C)=CN(C3CCCC3)C(=O)C12. The molecule has 4 fully saturated rings. The van der Waals surface area contributed by atoms with Crippen LogP contribution in [0.3, 0.4) is 0 Å². The standard InChI is InChI=1S/C26H42N4O2/c1-17(2)28-14-8-11-20(28)15-27-25(31)23-16-29(19-9-4-5-10-19)26(32)24-18(3)21-12-6-7-13-22(21)30(23)24/h16-22,24H,4-15H2,1-3H3,(H,27,31)/t18?,20-,21?,22?,24?/m1/s1. The first-order chi connectivity index (χ1) is 15.5. The monoisotopic (exact) mass is 442 g/mol. The molecule has 2 saturated heterocycles. The number of hydrogen-bond donors (Lipinski definition) is 1. The van der Waals surface area contributed by atoms with Gasteiger partial charge in [-0.25, -0.2) is 0 Å².